The molecule has 0 saturated heterocycles. The van der Waals surface area contributed by atoms with Gasteiger partial charge in [0.1, 0.15) is 0 Å². The fourth-order valence-electron chi connectivity index (χ4n) is 1.79. The molecule has 0 aliphatic heterocycles. The lowest BCUT2D eigenvalue weighted by Crippen LogP contribution is -1.90. The van der Waals surface area contributed by atoms with E-state index in [-0.39, 0.29) is 0 Å². The number of nitrogens with one attached hydrogen (secondary N) is 1. The molecule has 1 N–H and O–H groups in total. The van der Waals surface area contributed by atoms with E-state index in [1.54, 1.807) is 0 Å². The Morgan fingerprint density at radius 2 is 1.71 bits per heavy atom. The Bertz CT molecular complexity index is 552. The first-order valence-corrected chi connectivity index (χ1v) is 5.10. The van der Waals surface area contributed by atoms with E-state index in [1.807, 2.05) is 13.0 Å². The second kappa shape index (κ2) is 3.21. The van der Waals surface area contributed by atoms with Gasteiger partial charge in [-0.1, -0.05) is 24.4 Å². The first-order valence-electron chi connectivity index (χ1n) is 4.69. The Balaban J connectivity index is 3.08. The predicted molar refractivity (Wildman–Crippen MR) is 63.3 cm³/mol. The maximum absolute atomic E-state index is 5.37. The Hall–Kier alpha value is -1.15. The van der Waals surface area contributed by atoms with Crippen molar-refractivity contribution >= 4 is 23.1 Å². The van der Waals surface area contributed by atoms with Crippen LogP contribution in [0.2, 0.25) is 0 Å². The summed E-state index contributed by atoms with van der Waals surface area (Å²) in [5.74, 6) is 0. The Labute approximate surface area is 88.8 Å². The zero-order valence-corrected chi connectivity index (χ0v) is 9.46. The van der Waals surface area contributed by atoms with Gasteiger partial charge in [0.2, 0.25) is 0 Å². The molecule has 1 nitrogen and oxygen atoms in total. The Morgan fingerprint density at radius 1 is 1.07 bits per heavy atom. The summed E-state index contributed by atoms with van der Waals surface area (Å²) >= 11 is 5.37. The number of aromatic amines is 1. The third-order valence-corrected chi connectivity index (χ3v) is 2.86. The number of H-pyrrole nitrogens is 1. The van der Waals surface area contributed by atoms with Gasteiger partial charge in [-0.05, 0) is 38.0 Å². The average molecular weight is 203 g/mol. The van der Waals surface area contributed by atoms with E-state index in [0.29, 0.717) is 0 Å². The third-order valence-electron chi connectivity index (χ3n) is 2.54. The summed E-state index contributed by atoms with van der Waals surface area (Å²) in [5.41, 5.74) is 4.79. The number of rotatable bonds is 0. The number of aryl methyl sites for hydroxylation is 3. The zero-order valence-electron chi connectivity index (χ0n) is 8.64. The van der Waals surface area contributed by atoms with Gasteiger partial charge in [-0.15, -0.1) is 0 Å². The maximum atomic E-state index is 5.37. The van der Waals surface area contributed by atoms with Crippen LogP contribution in [-0.4, -0.2) is 4.98 Å². The van der Waals surface area contributed by atoms with Gasteiger partial charge in [-0.3, -0.25) is 0 Å². The highest BCUT2D eigenvalue weighted by Gasteiger charge is 2.02. The van der Waals surface area contributed by atoms with Crippen LogP contribution < -0.4 is 0 Å². The van der Waals surface area contributed by atoms with Crippen LogP contribution in [0, 0.1) is 25.3 Å². The summed E-state index contributed by atoms with van der Waals surface area (Å²) in [6, 6.07) is 6.27. The highest BCUT2D eigenvalue weighted by Crippen LogP contribution is 2.22. The maximum Gasteiger partial charge on any atom is 0.0502 e. The number of hydrogen-bond donors (Lipinski definition) is 1. The molecule has 0 spiro atoms. The molecule has 0 unspecified atom stereocenters. The topological polar surface area (TPSA) is 15.8 Å². The molecular weight excluding hydrogens is 190 g/mol. The molecule has 0 aliphatic rings. The van der Waals surface area contributed by atoms with Gasteiger partial charge in [0.25, 0.3) is 0 Å². The van der Waals surface area contributed by atoms with Gasteiger partial charge in [0.05, 0.1) is 5.52 Å². The van der Waals surface area contributed by atoms with Gasteiger partial charge in [-0.2, -0.15) is 0 Å². The summed E-state index contributed by atoms with van der Waals surface area (Å²) in [6.45, 7) is 6.24. The van der Waals surface area contributed by atoms with Crippen LogP contribution in [0.25, 0.3) is 10.9 Å². The van der Waals surface area contributed by atoms with Crippen LogP contribution in [-0.2, 0) is 0 Å². The van der Waals surface area contributed by atoms with E-state index in [4.69, 9.17) is 12.2 Å². The Kier molecular flexibility index (Phi) is 2.16. The highest BCUT2D eigenvalue weighted by atomic mass is 32.1. The molecule has 14 heavy (non-hydrogen) atoms. The van der Waals surface area contributed by atoms with Gasteiger partial charge >= 0.3 is 0 Å². The SMILES string of the molecule is Cc1cc(=S)c2c(C)ccc(C)c2[nH]1. The first-order chi connectivity index (χ1) is 6.59. The molecule has 0 amide bonds. The first kappa shape index (κ1) is 9.41. The van der Waals surface area contributed by atoms with Crippen molar-refractivity contribution in [3.8, 4) is 0 Å². The summed E-state index contributed by atoms with van der Waals surface area (Å²) in [7, 11) is 0. The lowest BCUT2D eigenvalue weighted by molar-refractivity contribution is 1.23. The van der Waals surface area contributed by atoms with E-state index in [2.05, 4.69) is 31.0 Å². The second-order valence-electron chi connectivity index (χ2n) is 3.77. The average Bonchev–Trinajstić information content (AvgIpc) is 2.10. The number of hydrogen-bond acceptors (Lipinski definition) is 1. The lowest BCUT2D eigenvalue weighted by atomic mass is 10.1. The predicted octanol–water partition coefficient (Wildman–Crippen LogP) is 3.82. The fourth-order valence-corrected chi connectivity index (χ4v) is 2.23. The van der Waals surface area contributed by atoms with E-state index in [0.717, 1.165) is 10.2 Å². The van der Waals surface area contributed by atoms with Crippen LogP contribution >= 0.6 is 12.2 Å². The summed E-state index contributed by atoms with van der Waals surface area (Å²) in [4.78, 5) is 3.37. The minimum Gasteiger partial charge on any atom is -0.358 e. The molecule has 0 atom stereocenters. The van der Waals surface area contributed by atoms with E-state index in [9.17, 15) is 0 Å². The number of fused-ring (bicyclic) bond motifs is 1. The number of aromatic nitrogens is 1. The van der Waals surface area contributed by atoms with Crippen LogP contribution in [0.15, 0.2) is 18.2 Å². The van der Waals surface area contributed by atoms with Crippen molar-refractivity contribution in [2.75, 3.05) is 0 Å². The van der Waals surface area contributed by atoms with Crippen molar-refractivity contribution in [2.24, 2.45) is 0 Å². The van der Waals surface area contributed by atoms with Crippen LogP contribution in [0.5, 0.6) is 0 Å². The standard InChI is InChI=1S/C12H13NS/c1-7-4-5-8(2)12-11(7)10(14)6-9(3)13-12/h4-6H,1-3H3,(H,13,14). The molecule has 0 aliphatic carbocycles. The number of pyridine rings is 1. The van der Waals surface area contributed by atoms with Gasteiger partial charge < -0.3 is 4.98 Å². The molecular formula is C12H13NS. The fraction of sp³-hybridized carbons (Fsp3) is 0.250. The molecule has 0 radical (unpaired) electrons. The van der Waals surface area contributed by atoms with Gasteiger partial charge in [0.15, 0.2) is 0 Å². The van der Waals surface area contributed by atoms with E-state index < -0.39 is 0 Å². The quantitative estimate of drug-likeness (QED) is 0.643. The normalized spacial score (nSPS) is 10.8. The van der Waals surface area contributed by atoms with E-state index >= 15 is 0 Å². The molecule has 1 aromatic carbocycles. The molecule has 2 aromatic rings. The van der Waals surface area contributed by atoms with Crippen molar-refractivity contribution < 1.29 is 0 Å². The van der Waals surface area contributed by atoms with Crippen LogP contribution in [0.3, 0.4) is 0 Å². The van der Waals surface area contributed by atoms with Crippen molar-refractivity contribution in [1.82, 2.24) is 4.98 Å². The molecule has 1 aromatic heterocycles. The molecule has 1 heterocycles. The summed E-state index contributed by atoms with van der Waals surface area (Å²) in [6.07, 6.45) is 0. The molecule has 0 saturated carbocycles. The van der Waals surface area contributed by atoms with Gasteiger partial charge in [0, 0.05) is 15.6 Å². The molecule has 2 heteroatoms. The van der Waals surface area contributed by atoms with Crippen molar-refractivity contribution in [2.45, 2.75) is 20.8 Å². The Morgan fingerprint density at radius 3 is 2.43 bits per heavy atom. The summed E-state index contributed by atoms with van der Waals surface area (Å²) < 4.78 is 0.942. The van der Waals surface area contributed by atoms with Crippen LogP contribution in [0.1, 0.15) is 16.8 Å². The van der Waals surface area contributed by atoms with Crippen molar-refractivity contribution in [1.29, 1.82) is 0 Å². The number of benzene rings is 1. The lowest BCUT2D eigenvalue weighted by Gasteiger charge is -2.07. The highest BCUT2D eigenvalue weighted by molar-refractivity contribution is 7.71. The minimum atomic E-state index is 0.942. The molecule has 0 bridgehead atoms. The third kappa shape index (κ3) is 1.36. The molecule has 72 valence electrons. The van der Waals surface area contributed by atoms with Gasteiger partial charge in [-0.25, -0.2) is 0 Å². The largest absolute Gasteiger partial charge is 0.358 e. The van der Waals surface area contributed by atoms with Crippen molar-refractivity contribution in [3.63, 3.8) is 0 Å². The summed E-state index contributed by atoms with van der Waals surface area (Å²) in [5, 5.41) is 1.19. The smallest absolute Gasteiger partial charge is 0.0502 e. The minimum absolute atomic E-state index is 0.942. The van der Waals surface area contributed by atoms with E-state index in [1.165, 1.54) is 22.0 Å². The van der Waals surface area contributed by atoms with Crippen molar-refractivity contribution in [3.05, 3.63) is 39.5 Å². The monoisotopic (exact) mass is 203 g/mol. The van der Waals surface area contributed by atoms with Crippen LogP contribution in [0.4, 0.5) is 0 Å². The second-order valence-corrected chi connectivity index (χ2v) is 4.21. The molecule has 2 rings (SSSR count). The zero-order chi connectivity index (χ0) is 10.3. The molecule has 0 fully saturated rings.